The second-order valence-electron chi connectivity index (χ2n) is 9.53. The molecule has 0 heterocycles. The Hall–Kier alpha value is -2.78. The molecule has 7 nitrogen and oxygen atoms in total. The lowest BCUT2D eigenvalue weighted by molar-refractivity contribution is -0.139. The van der Waals surface area contributed by atoms with E-state index in [0.29, 0.717) is 22.0 Å². The van der Waals surface area contributed by atoms with Crippen molar-refractivity contribution in [1.29, 1.82) is 0 Å². The minimum atomic E-state index is -4.22. The van der Waals surface area contributed by atoms with E-state index in [2.05, 4.69) is 5.32 Å². The molecule has 0 aliphatic heterocycles. The molecule has 214 valence electrons. The molecule has 0 saturated carbocycles. The topological polar surface area (TPSA) is 86.8 Å². The molecular weight excluding hydrogens is 593 g/mol. The Labute approximate surface area is 251 Å². The van der Waals surface area contributed by atoms with Crippen molar-refractivity contribution >= 4 is 62.3 Å². The van der Waals surface area contributed by atoms with E-state index in [0.717, 1.165) is 9.87 Å². The molecule has 40 heavy (non-hydrogen) atoms. The predicted molar refractivity (Wildman–Crippen MR) is 162 cm³/mol. The lowest BCUT2D eigenvalue weighted by Gasteiger charge is -2.33. The largest absolute Gasteiger partial charge is 0.352 e. The molecule has 0 aliphatic rings. The van der Waals surface area contributed by atoms with Crippen LogP contribution in [0.15, 0.2) is 71.6 Å². The van der Waals surface area contributed by atoms with E-state index in [-0.39, 0.29) is 34.1 Å². The summed E-state index contributed by atoms with van der Waals surface area (Å²) >= 11 is 18.9. The molecule has 0 fully saturated rings. The Morgan fingerprint density at radius 1 is 0.925 bits per heavy atom. The smallest absolute Gasteiger partial charge is 0.264 e. The average Bonchev–Trinajstić information content (AvgIpc) is 2.91. The Balaban J connectivity index is 2.06. The van der Waals surface area contributed by atoms with Crippen molar-refractivity contribution in [3.8, 4) is 0 Å². The maximum Gasteiger partial charge on any atom is 0.264 e. The molecule has 3 rings (SSSR count). The highest BCUT2D eigenvalue weighted by Crippen LogP contribution is 2.31. The van der Waals surface area contributed by atoms with Crippen LogP contribution in [0.3, 0.4) is 0 Å². The molecule has 3 aromatic rings. The maximum absolute atomic E-state index is 14.0. The second kappa shape index (κ2) is 13.7. The molecule has 1 N–H and O–H groups in total. The van der Waals surface area contributed by atoms with Crippen LogP contribution in [0.25, 0.3) is 0 Å². The van der Waals surface area contributed by atoms with Gasteiger partial charge in [-0.1, -0.05) is 77.6 Å². The molecule has 3 aromatic carbocycles. The van der Waals surface area contributed by atoms with Crippen molar-refractivity contribution < 1.29 is 18.0 Å². The van der Waals surface area contributed by atoms with Gasteiger partial charge in [-0.2, -0.15) is 0 Å². The van der Waals surface area contributed by atoms with Crippen LogP contribution in [0, 0.1) is 6.92 Å². The molecule has 11 heteroatoms. The third kappa shape index (κ3) is 7.69. The number of carbonyl (C=O) groups is 2. The first-order chi connectivity index (χ1) is 18.8. The molecule has 0 bridgehead atoms. The van der Waals surface area contributed by atoms with Gasteiger partial charge in [-0.3, -0.25) is 13.9 Å². The molecule has 2 atom stereocenters. The quantitative estimate of drug-likeness (QED) is 0.265. The molecule has 0 unspecified atom stereocenters. The molecule has 0 spiro atoms. The minimum absolute atomic E-state index is 0.000627. The van der Waals surface area contributed by atoms with Crippen LogP contribution >= 0.6 is 34.8 Å². The third-order valence-electron chi connectivity index (χ3n) is 6.53. The number of amides is 2. The first-order valence-electron chi connectivity index (χ1n) is 12.7. The number of aryl methyl sites for hydroxylation is 1. The monoisotopic (exact) mass is 623 g/mol. The SMILES string of the molecule is CC[C@H](C)NC(=O)[C@@H](C)N(Cc1ccc(Cl)cc1Cl)C(=O)CN(c1ccccc1Cl)S(=O)(=O)c1ccc(C)cc1. The summed E-state index contributed by atoms with van der Waals surface area (Å²) < 4.78 is 28.7. The van der Waals surface area contributed by atoms with E-state index in [4.69, 9.17) is 34.8 Å². The van der Waals surface area contributed by atoms with Gasteiger partial charge in [0.25, 0.3) is 10.0 Å². The highest BCUT2D eigenvalue weighted by Gasteiger charge is 2.33. The Morgan fingerprint density at radius 2 is 1.57 bits per heavy atom. The minimum Gasteiger partial charge on any atom is -0.352 e. The van der Waals surface area contributed by atoms with Crippen molar-refractivity contribution in [2.45, 2.75) is 57.6 Å². The van der Waals surface area contributed by atoms with E-state index in [9.17, 15) is 18.0 Å². The number of sulfonamides is 1. The van der Waals surface area contributed by atoms with Gasteiger partial charge in [-0.25, -0.2) is 8.42 Å². The fourth-order valence-corrected chi connectivity index (χ4v) is 6.08. The van der Waals surface area contributed by atoms with Crippen LogP contribution in [-0.2, 0) is 26.2 Å². The first-order valence-corrected chi connectivity index (χ1v) is 15.3. The zero-order valence-corrected chi connectivity index (χ0v) is 25.8. The number of para-hydroxylation sites is 1. The van der Waals surface area contributed by atoms with Gasteiger partial charge in [-0.05, 0) is 69.2 Å². The molecule has 2 amide bonds. The number of hydrogen-bond donors (Lipinski definition) is 1. The van der Waals surface area contributed by atoms with E-state index in [1.807, 2.05) is 20.8 Å². The molecule has 0 aliphatic carbocycles. The Bertz CT molecular complexity index is 1470. The summed E-state index contributed by atoms with van der Waals surface area (Å²) in [6, 6.07) is 16.5. The summed E-state index contributed by atoms with van der Waals surface area (Å²) in [5.74, 6) is -0.994. The van der Waals surface area contributed by atoms with Crippen LogP contribution in [-0.4, -0.2) is 43.8 Å². The fourth-order valence-electron chi connectivity index (χ4n) is 3.89. The van der Waals surface area contributed by atoms with Crippen molar-refractivity contribution in [3.05, 3.63) is 92.9 Å². The van der Waals surface area contributed by atoms with Crippen molar-refractivity contribution in [3.63, 3.8) is 0 Å². The van der Waals surface area contributed by atoms with Gasteiger partial charge in [0.15, 0.2) is 0 Å². The number of anilines is 1. The first kappa shape index (κ1) is 31.7. The standard InChI is InChI=1S/C29H32Cl3N3O4S/c1-5-20(3)33-29(37)21(4)34(17-22-12-13-23(30)16-26(22)32)28(36)18-35(27-9-7-6-8-25(27)31)40(38,39)24-14-10-19(2)11-15-24/h6-16,20-21H,5,17-18H2,1-4H3,(H,33,37)/t20-,21+/m0/s1. The zero-order valence-electron chi connectivity index (χ0n) is 22.7. The number of hydrogen-bond acceptors (Lipinski definition) is 4. The van der Waals surface area contributed by atoms with Crippen LogP contribution in [0.4, 0.5) is 5.69 Å². The number of halogens is 3. The lowest BCUT2D eigenvalue weighted by atomic mass is 10.1. The highest BCUT2D eigenvalue weighted by atomic mass is 35.5. The van der Waals surface area contributed by atoms with Gasteiger partial charge < -0.3 is 10.2 Å². The summed E-state index contributed by atoms with van der Waals surface area (Å²) in [6.45, 7) is 6.58. The summed E-state index contributed by atoms with van der Waals surface area (Å²) in [4.78, 5) is 28.4. The Kier molecular flexibility index (Phi) is 10.9. The van der Waals surface area contributed by atoms with Gasteiger partial charge in [-0.15, -0.1) is 0 Å². The zero-order chi connectivity index (χ0) is 29.6. The van der Waals surface area contributed by atoms with Gasteiger partial charge in [0, 0.05) is 22.6 Å². The van der Waals surface area contributed by atoms with E-state index < -0.39 is 28.5 Å². The normalized spacial score (nSPS) is 12.9. The van der Waals surface area contributed by atoms with Gasteiger partial charge in [0.05, 0.1) is 15.6 Å². The average molecular weight is 625 g/mol. The summed E-state index contributed by atoms with van der Waals surface area (Å²) in [5.41, 5.74) is 1.57. The third-order valence-corrected chi connectivity index (χ3v) is 9.21. The fraction of sp³-hybridized carbons (Fsp3) is 0.310. The number of rotatable bonds is 11. The maximum atomic E-state index is 14.0. The number of carbonyl (C=O) groups excluding carboxylic acids is 2. The van der Waals surface area contributed by atoms with Crippen molar-refractivity contribution in [2.75, 3.05) is 10.8 Å². The van der Waals surface area contributed by atoms with Gasteiger partial charge in [0.2, 0.25) is 11.8 Å². The van der Waals surface area contributed by atoms with E-state index in [1.165, 1.54) is 23.1 Å². The van der Waals surface area contributed by atoms with Crippen molar-refractivity contribution in [2.24, 2.45) is 0 Å². The highest BCUT2D eigenvalue weighted by molar-refractivity contribution is 7.92. The number of benzene rings is 3. The van der Waals surface area contributed by atoms with Crippen LogP contribution < -0.4 is 9.62 Å². The number of nitrogens with zero attached hydrogens (tertiary/aromatic N) is 2. The molecule has 0 aromatic heterocycles. The summed E-state index contributed by atoms with van der Waals surface area (Å²) in [7, 11) is -4.22. The molecular formula is C29H32Cl3N3O4S. The lowest BCUT2D eigenvalue weighted by Crippen LogP contribution is -2.52. The van der Waals surface area contributed by atoms with Crippen molar-refractivity contribution in [1.82, 2.24) is 10.2 Å². The summed E-state index contributed by atoms with van der Waals surface area (Å²) in [6.07, 6.45) is 0.699. The van der Waals surface area contributed by atoms with Gasteiger partial charge >= 0.3 is 0 Å². The summed E-state index contributed by atoms with van der Waals surface area (Å²) in [5, 5.41) is 3.78. The molecule has 0 radical (unpaired) electrons. The van der Waals surface area contributed by atoms with Crippen LogP contribution in [0.2, 0.25) is 15.1 Å². The predicted octanol–water partition coefficient (Wildman–Crippen LogP) is 6.48. The van der Waals surface area contributed by atoms with Crippen LogP contribution in [0.5, 0.6) is 0 Å². The van der Waals surface area contributed by atoms with Crippen LogP contribution in [0.1, 0.15) is 38.3 Å². The van der Waals surface area contributed by atoms with Gasteiger partial charge in [0.1, 0.15) is 12.6 Å². The Morgan fingerprint density at radius 3 is 2.17 bits per heavy atom. The molecule has 0 saturated heterocycles. The number of nitrogens with one attached hydrogen (secondary N) is 1. The second-order valence-corrected chi connectivity index (χ2v) is 12.6. The van der Waals surface area contributed by atoms with E-state index >= 15 is 0 Å². The van der Waals surface area contributed by atoms with E-state index in [1.54, 1.807) is 55.5 Å².